The van der Waals surface area contributed by atoms with Crippen molar-refractivity contribution in [2.24, 2.45) is 7.05 Å². The molecule has 1 fully saturated rings. The number of hydrogen-bond donors (Lipinski definition) is 1. The zero-order valence-electron chi connectivity index (χ0n) is 16.2. The number of piperidine rings is 1. The Balaban J connectivity index is 1.91. The van der Waals surface area contributed by atoms with Crippen molar-refractivity contribution < 1.29 is 13.2 Å². The van der Waals surface area contributed by atoms with Crippen molar-refractivity contribution in [3.8, 4) is 0 Å². The molecule has 0 atom stereocenters. The predicted octanol–water partition coefficient (Wildman–Crippen LogP) is 3.32. The van der Waals surface area contributed by atoms with Gasteiger partial charge in [0.25, 0.3) is 5.91 Å². The quantitative estimate of drug-likeness (QED) is 0.853. The van der Waals surface area contributed by atoms with Crippen LogP contribution in [0.15, 0.2) is 35.2 Å². The molecule has 1 aliphatic heterocycles. The zero-order valence-corrected chi connectivity index (χ0v) is 17.0. The summed E-state index contributed by atoms with van der Waals surface area (Å²) in [4.78, 5) is 13.1. The summed E-state index contributed by atoms with van der Waals surface area (Å²) in [6.07, 6.45) is 3.63. The number of nitrogens with one attached hydrogen (secondary N) is 1. The lowest BCUT2D eigenvalue weighted by atomic mass is 10.1. The summed E-state index contributed by atoms with van der Waals surface area (Å²) < 4.78 is 29.3. The second kappa shape index (κ2) is 7.86. The maximum Gasteiger partial charge on any atom is 0.272 e. The van der Waals surface area contributed by atoms with Gasteiger partial charge in [0.05, 0.1) is 0 Å². The maximum atomic E-state index is 13.0. The molecule has 2 aromatic rings. The molecule has 0 radical (unpaired) electrons. The first-order chi connectivity index (χ1) is 12.9. The van der Waals surface area contributed by atoms with Crippen molar-refractivity contribution in [2.45, 2.75) is 44.4 Å². The van der Waals surface area contributed by atoms with Gasteiger partial charge in [-0.05, 0) is 43.9 Å². The van der Waals surface area contributed by atoms with E-state index in [1.807, 2.05) is 31.2 Å². The summed E-state index contributed by atoms with van der Waals surface area (Å²) >= 11 is 0. The molecule has 1 aromatic heterocycles. The highest BCUT2D eigenvalue weighted by Crippen LogP contribution is 2.26. The SMILES string of the molecule is CCc1ccccc1NC(=O)c1cc(S(=O)(=O)N2CCCCC2)c(C)n1C. The number of carbonyl (C=O) groups excluding carboxylic acids is 1. The number of aryl methyl sites for hydroxylation is 1. The Morgan fingerprint density at radius 2 is 1.81 bits per heavy atom. The standard InChI is InChI=1S/C20H27N3O3S/c1-4-16-10-6-7-11-17(16)21-20(24)18-14-19(15(2)22(18)3)27(25,26)23-12-8-5-9-13-23/h6-7,10-11,14H,4-5,8-9,12-13H2,1-3H3,(H,21,24). The number of sulfonamides is 1. The molecule has 0 spiro atoms. The average Bonchev–Trinajstić information content (AvgIpc) is 2.98. The number of aromatic nitrogens is 1. The number of rotatable bonds is 5. The molecule has 1 saturated heterocycles. The Morgan fingerprint density at radius 1 is 1.15 bits per heavy atom. The van der Waals surface area contributed by atoms with Crippen LogP contribution in [-0.2, 0) is 23.5 Å². The van der Waals surface area contributed by atoms with Crippen molar-refractivity contribution in [1.82, 2.24) is 8.87 Å². The third kappa shape index (κ3) is 3.80. The van der Waals surface area contributed by atoms with E-state index in [1.54, 1.807) is 18.5 Å². The Labute approximate surface area is 161 Å². The van der Waals surface area contributed by atoms with Crippen LogP contribution in [0.5, 0.6) is 0 Å². The molecule has 27 heavy (non-hydrogen) atoms. The van der Waals surface area contributed by atoms with Gasteiger partial charge in [0.2, 0.25) is 10.0 Å². The second-order valence-corrected chi connectivity index (χ2v) is 8.87. The van der Waals surface area contributed by atoms with Crippen molar-refractivity contribution in [1.29, 1.82) is 0 Å². The number of anilines is 1. The fraction of sp³-hybridized carbons (Fsp3) is 0.450. The monoisotopic (exact) mass is 389 g/mol. The number of amides is 1. The largest absolute Gasteiger partial charge is 0.343 e. The minimum absolute atomic E-state index is 0.223. The van der Waals surface area contributed by atoms with Crippen LogP contribution in [0.1, 0.15) is 47.9 Å². The van der Waals surface area contributed by atoms with Crippen LogP contribution in [0, 0.1) is 6.92 Å². The van der Waals surface area contributed by atoms with Gasteiger partial charge in [-0.15, -0.1) is 0 Å². The van der Waals surface area contributed by atoms with Crippen LogP contribution in [0.3, 0.4) is 0 Å². The molecular formula is C20H27N3O3S. The van der Waals surface area contributed by atoms with Crippen LogP contribution in [0.2, 0.25) is 0 Å². The molecule has 0 aliphatic carbocycles. The highest BCUT2D eigenvalue weighted by Gasteiger charge is 2.30. The number of nitrogens with zero attached hydrogens (tertiary/aromatic N) is 2. The first kappa shape index (κ1) is 19.6. The van der Waals surface area contributed by atoms with Gasteiger partial charge in [-0.2, -0.15) is 4.31 Å². The Bertz CT molecular complexity index is 941. The van der Waals surface area contributed by atoms with Crippen LogP contribution in [-0.4, -0.2) is 36.3 Å². The molecule has 1 aromatic carbocycles. The fourth-order valence-corrected chi connectivity index (χ4v) is 5.32. The Morgan fingerprint density at radius 3 is 2.48 bits per heavy atom. The van der Waals surface area contributed by atoms with E-state index in [0.29, 0.717) is 24.5 Å². The lowest BCUT2D eigenvalue weighted by molar-refractivity contribution is 0.101. The third-order valence-electron chi connectivity index (χ3n) is 5.30. The molecule has 0 unspecified atom stereocenters. The van der Waals surface area contributed by atoms with E-state index in [0.717, 1.165) is 36.9 Å². The molecule has 6 nitrogen and oxygen atoms in total. The van der Waals surface area contributed by atoms with Gasteiger partial charge in [-0.1, -0.05) is 31.5 Å². The fourth-order valence-electron chi connectivity index (χ4n) is 3.53. The molecule has 0 bridgehead atoms. The van der Waals surface area contributed by atoms with Crippen molar-refractivity contribution >= 4 is 21.6 Å². The third-order valence-corrected chi connectivity index (χ3v) is 7.31. The summed E-state index contributed by atoms with van der Waals surface area (Å²) in [6, 6.07) is 9.14. The van der Waals surface area contributed by atoms with Gasteiger partial charge in [-0.3, -0.25) is 4.79 Å². The number of benzene rings is 1. The van der Waals surface area contributed by atoms with Crippen LogP contribution in [0.25, 0.3) is 0 Å². The van der Waals surface area contributed by atoms with Gasteiger partial charge < -0.3 is 9.88 Å². The van der Waals surface area contributed by atoms with Crippen molar-refractivity contribution in [2.75, 3.05) is 18.4 Å². The number of hydrogen-bond acceptors (Lipinski definition) is 3. The molecule has 3 rings (SSSR count). The normalized spacial score (nSPS) is 15.7. The second-order valence-electron chi connectivity index (χ2n) is 6.97. The van der Waals surface area contributed by atoms with E-state index in [1.165, 1.54) is 10.4 Å². The van der Waals surface area contributed by atoms with Gasteiger partial charge in [-0.25, -0.2) is 8.42 Å². The van der Waals surface area contributed by atoms with E-state index in [2.05, 4.69) is 5.32 Å². The molecule has 0 saturated carbocycles. The predicted molar refractivity (Wildman–Crippen MR) is 107 cm³/mol. The highest BCUT2D eigenvalue weighted by molar-refractivity contribution is 7.89. The Hall–Kier alpha value is -2.12. The number of carbonyl (C=O) groups is 1. The van der Waals surface area contributed by atoms with Gasteiger partial charge in [0, 0.05) is 31.5 Å². The summed E-state index contributed by atoms with van der Waals surface area (Å²) in [5, 5.41) is 2.92. The molecule has 1 aliphatic rings. The zero-order chi connectivity index (χ0) is 19.6. The molecule has 1 amide bonds. The molecule has 7 heteroatoms. The minimum atomic E-state index is -3.58. The lowest BCUT2D eigenvalue weighted by Crippen LogP contribution is -2.35. The Kier molecular flexibility index (Phi) is 5.72. The first-order valence-corrected chi connectivity index (χ1v) is 10.9. The van der Waals surface area contributed by atoms with Crippen molar-refractivity contribution in [3.63, 3.8) is 0 Å². The van der Waals surface area contributed by atoms with E-state index in [4.69, 9.17) is 0 Å². The van der Waals surface area contributed by atoms with Crippen LogP contribution < -0.4 is 5.32 Å². The topological polar surface area (TPSA) is 71.4 Å². The smallest absolute Gasteiger partial charge is 0.272 e. The minimum Gasteiger partial charge on any atom is -0.343 e. The van der Waals surface area contributed by atoms with Gasteiger partial charge >= 0.3 is 0 Å². The van der Waals surface area contributed by atoms with Crippen LogP contribution in [0.4, 0.5) is 5.69 Å². The first-order valence-electron chi connectivity index (χ1n) is 9.42. The average molecular weight is 390 g/mol. The summed E-state index contributed by atoms with van der Waals surface area (Å²) in [7, 11) is -1.85. The molecule has 146 valence electrons. The van der Waals surface area contributed by atoms with Gasteiger partial charge in [0.15, 0.2) is 0 Å². The van der Waals surface area contributed by atoms with Gasteiger partial charge in [0.1, 0.15) is 10.6 Å². The highest BCUT2D eigenvalue weighted by atomic mass is 32.2. The number of para-hydroxylation sites is 1. The summed E-state index contributed by atoms with van der Waals surface area (Å²) in [5.74, 6) is -0.304. The summed E-state index contributed by atoms with van der Waals surface area (Å²) in [6.45, 7) is 4.86. The van der Waals surface area contributed by atoms with E-state index < -0.39 is 10.0 Å². The van der Waals surface area contributed by atoms with E-state index in [9.17, 15) is 13.2 Å². The molecule has 2 heterocycles. The van der Waals surface area contributed by atoms with Crippen LogP contribution >= 0.6 is 0 Å². The molecule has 1 N–H and O–H groups in total. The lowest BCUT2D eigenvalue weighted by Gasteiger charge is -2.25. The van der Waals surface area contributed by atoms with Crippen molar-refractivity contribution in [3.05, 3.63) is 47.3 Å². The molecular weight excluding hydrogens is 362 g/mol. The maximum absolute atomic E-state index is 13.0. The summed E-state index contributed by atoms with van der Waals surface area (Å²) in [5.41, 5.74) is 2.71. The van der Waals surface area contributed by atoms with E-state index >= 15 is 0 Å². The van der Waals surface area contributed by atoms with E-state index in [-0.39, 0.29) is 10.8 Å².